The van der Waals surface area contributed by atoms with Crippen molar-refractivity contribution >= 4 is 0 Å². The summed E-state index contributed by atoms with van der Waals surface area (Å²) >= 11 is 0. The first-order chi connectivity index (χ1) is 7.26. The van der Waals surface area contributed by atoms with Crippen molar-refractivity contribution in [2.45, 2.75) is 6.92 Å². The number of benzene rings is 1. The minimum absolute atomic E-state index is 0.187. The zero-order valence-corrected chi connectivity index (χ0v) is 8.69. The quantitative estimate of drug-likeness (QED) is 0.314. The summed E-state index contributed by atoms with van der Waals surface area (Å²) in [6, 6.07) is 5.72. The van der Waals surface area contributed by atoms with E-state index >= 15 is 0 Å². The first-order valence-electron chi connectivity index (χ1n) is 4.41. The van der Waals surface area contributed by atoms with Gasteiger partial charge in [0.1, 0.15) is 5.75 Å². The lowest BCUT2D eigenvalue weighted by atomic mass is 10.1. The molecule has 1 aromatic rings. The Kier molecular flexibility index (Phi) is 4.08. The van der Waals surface area contributed by atoms with Gasteiger partial charge in [0.25, 0.3) is 0 Å². The number of hydrogen-bond acceptors (Lipinski definition) is 2. The van der Waals surface area contributed by atoms with Crippen LogP contribution in [0.25, 0.3) is 10.4 Å². The Morgan fingerprint density at radius 2 is 2.27 bits per heavy atom. The summed E-state index contributed by atoms with van der Waals surface area (Å²) < 4.78 is 5.11. The molecule has 0 radical (unpaired) electrons. The van der Waals surface area contributed by atoms with E-state index in [9.17, 15) is 0 Å². The molecule has 0 bridgehead atoms. The fourth-order valence-corrected chi connectivity index (χ4v) is 1.15. The maximum Gasteiger partial charge on any atom is 0.120 e. The van der Waals surface area contributed by atoms with E-state index in [1.165, 1.54) is 0 Å². The lowest BCUT2D eigenvalue weighted by Gasteiger charge is -2.01. The van der Waals surface area contributed by atoms with Crippen LogP contribution >= 0.6 is 0 Å². The van der Waals surface area contributed by atoms with Crippen molar-refractivity contribution in [3.8, 4) is 17.6 Å². The molecule has 0 aromatic heterocycles. The Bertz CT molecular complexity index is 451. The van der Waals surface area contributed by atoms with Gasteiger partial charge in [0, 0.05) is 10.5 Å². The number of nitrogens with zero attached hydrogens (tertiary/aromatic N) is 3. The lowest BCUT2D eigenvalue weighted by molar-refractivity contribution is 0.414. The second-order valence-corrected chi connectivity index (χ2v) is 2.93. The number of methoxy groups -OCH3 is 1. The monoisotopic (exact) mass is 201 g/mol. The molecule has 0 unspecified atom stereocenters. The summed E-state index contributed by atoms with van der Waals surface area (Å²) in [6.07, 6.45) is 0. The molecule has 0 aliphatic heterocycles. The SMILES string of the molecule is COc1cc(C)cc(C#CCN=[N+]=[N-])c1. The van der Waals surface area contributed by atoms with Crippen LogP contribution in [0.4, 0.5) is 0 Å². The Morgan fingerprint density at radius 1 is 1.47 bits per heavy atom. The smallest absolute Gasteiger partial charge is 0.120 e. The summed E-state index contributed by atoms with van der Waals surface area (Å²) in [5.41, 5.74) is 10.0. The molecule has 0 atom stereocenters. The van der Waals surface area contributed by atoms with E-state index in [1.807, 2.05) is 25.1 Å². The van der Waals surface area contributed by atoms with Crippen LogP contribution in [0.15, 0.2) is 23.3 Å². The average molecular weight is 201 g/mol. The fraction of sp³-hybridized carbons (Fsp3) is 0.273. The summed E-state index contributed by atoms with van der Waals surface area (Å²) in [5.74, 6) is 6.44. The molecule has 1 rings (SSSR count). The van der Waals surface area contributed by atoms with Gasteiger partial charge in [-0.05, 0) is 36.2 Å². The van der Waals surface area contributed by atoms with Gasteiger partial charge in [-0.15, -0.1) is 0 Å². The predicted octanol–water partition coefficient (Wildman–Crippen LogP) is 2.67. The molecule has 0 fully saturated rings. The number of aryl methyl sites for hydroxylation is 1. The topological polar surface area (TPSA) is 58.0 Å². The van der Waals surface area contributed by atoms with Crippen molar-refractivity contribution in [2.24, 2.45) is 5.11 Å². The van der Waals surface area contributed by atoms with Crippen LogP contribution in [0.1, 0.15) is 11.1 Å². The van der Waals surface area contributed by atoms with Gasteiger partial charge in [-0.1, -0.05) is 17.0 Å². The molecule has 15 heavy (non-hydrogen) atoms. The van der Waals surface area contributed by atoms with Gasteiger partial charge in [-0.2, -0.15) is 0 Å². The predicted molar refractivity (Wildman–Crippen MR) is 58.6 cm³/mol. The first kappa shape index (κ1) is 11.0. The van der Waals surface area contributed by atoms with Crippen LogP contribution in [0.5, 0.6) is 5.75 Å². The average Bonchev–Trinajstić information content (AvgIpc) is 2.23. The van der Waals surface area contributed by atoms with Gasteiger partial charge in [0.15, 0.2) is 0 Å². The summed E-state index contributed by atoms with van der Waals surface area (Å²) in [4.78, 5) is 2.62. The van der Waals surface area contributed by atoms with Gasteiger partial charge in [-0.25, -0.2) is 0 Å². The molecule has 4 heteroatoms. The van der Waals surface area contributed by atoms with Gasteiger partial charge >= 0.3 is 0 Å². The van der Waals surface area contributed by atoms with Crippen LogP contribution in [0.2, 0.25) is 0 Å². The molecule has 4 nitrogen and oxygen atoms in total. The molecule has 0 spiro atoms. The Morgan fingerprint density at radius 3 is 2.93 bits per heavy atom. The van der Waals surface area contributed by atoms with Crippen molar-refractivity contribution in [1.29, 1.82) is 0 Å². The van der Waals surface area contributed by atoms with E-state index in [2.05, 4.69) is 21.9 Å². The van der Waals surface area contributed by atoms with Crippen LogP contribution in [0, 0.1) is 18.8 Å². The normalized spacial score (nSPS) is 8.40. The van der Waals surface area contributed by atoms with Gasteiger partial charge in [0.05, 0.1) is 13.7 Å². The summed E-state index contributed by atoms with van der Waals surface area (Å²) in [5, 5.41) is 3.33. The number of rotatable bonds is 2. The van der Waals surface area contributed by atoms with E-state index in [0.717, 1.165) is 16.9 Å². The van der Waals surface area contributed by atoms with E-state index < -0.39 is 0 Å². The van der Waals surface area contributed by atoms with Gasteiger partial charge < -0.3 is 4.74 Å². The largest absolute Gasteiger partial charge is 0.497 e. The Labute approximate surface area is 88.5 Å². The van der Waals surface area contributed by atoms with Crippen LogP contribution in [-0.4, -0.2) is 13.7 Å². The maximum atomic E-state index is 8.06. The Hall–Kier alpha value is -2.11. The minimum Gasteiger partial charge on any atom is -0.497 e. The number of hydrogen-bond donors (Lipinski definition) is 0. The lowest BCUT2D eigenvalue weighted by Crippen LogP contribution is -1.86. The van der Waals surface area contributed by atoms with E-state index in [0.29, 0.717) is 0 Å². The summed E-state index contributed by atoms with van der Waals surface area (Å²) in [6.45, 7) is 2.16. The second-order valence-electron chi connectivity index (χ2n) is 2.93. The molecule has 0 heterocycles. The number of azide groups is 1. The third-order valence-electron chi connectivity index (χ3n) is 1.73. The van der Waals surface area contributed by atoms with Crippen molar-refractivity contribution in [2.75, 3.05) is 13.7 Å². The zero-order valence-electron chi connectivity index (χ0n) is 8.69. The van der Waals surface area contributed by atoms with Crippen molar-refractivity contribution in [3.63, 3.8) is 0 Å². The molecule has 0 saturated heterocycles. The highest BCUT2D eigenvalue weighted by molar-refractivity contribution is 5.43. The van der Waals surface area contributed by atoms with Crippen molar-refractivity contribution in [1.82, 2.24) is 0 Å². The molecule has 0 aliphatic carbocycles. The highest BCUT2D eigenvalue weighted by Crippen LogP contribution is 2.15. The molecular weight excluding hydrogens is 190 g/mol. The molecule has 0 aliphatic rings. The molecule has 76 valence electrons. The van der Waals surface area contributed by atoms with Crippen LogP contribution < -0.4 is 4.74 Å². The third-order valence-corrected chi connectivity index (χ3v) is 1.73. The highest BCUT2D eigenvalue weighted by Gasteiger charge is 1.95. The molecule has 0 saturated carbocycles. The molecule has 1 aromatic carbocycles. The van der Waals surface area contributed by atoms with E-state index in [-0.39, 0.29) is 6.54 Å². The fourth-order valence-electron chi connectivity index (χ4n) is 1.15. The summed E-state index contributed by atoms with van der Waals surface area (Å²) in [7, 11) is 1.62. The second kappa shape index (κ2) is 5.58. The van der Waals surface area contributed by atoms with Crippen LogP contribution in [0.3, 0.4) is 0 Å². The third kappa shape index (κ3) is 3.63. The zero-order chi connectivity index (χ0) is 11.1. The molecule has 0 N–H and O–H groups in total. The van der Waals surface area contributed by atoms with Crippen molar-refractivity contribution in [3.05, 3.63) is 39.8 Å². The number of ether oxygens (including phenoxy) is 1. The van der Waals surface area contributed by atoms with E-state index in [1.54, 1.807) is 7.11 Å². The van der Waals surface area contributed by atoms with Gasteiger partial charge in [0.2, 0.25) is 0 Å². The maximum absolute atomic E-state index is 8.06. The van der Waals surface area contributed by atoms with Crippen molar-refractivity contribution < 1.29 is 4.74 Å². The standard InChI is InChI=1S/C11H11N3O/c1-9-6-10(4-3-5-13-14-12)8-11(7-9)15-2/h6-8H,5H2,1-2H3. The highest BCUT2D eigenvalue weighted by atomic mass is 16.5. The van der Waals surface area contributed by atoms with Gasteiger partial charge in [-0.3, -0.25) is 0 Å². The Balaban J connectivity index is 2.87. The minimum atomic E-state index is 0.187. The first-order valence-corrected chi connectivity index (χ1v) is 4.41. The molecular formula is C11H11N3O. The van der Waals surface area contributed by atoms with E-state index in [4.69, 9.17) is 10.3 Å². The molecule has 0 amide bonds. The van der Waals surface area contributed by atoms with Crippen LogP contribution in [-0.2, 0) is 0 Å².